The number of nitrogens with zero attached hydrogens (tertiary/aromatic N) is 1. The van der Waals surface area contributed by atoms with Crippen molar-refractivity contribution in [3.05, 3.63) is 18.2 Å². The number of aryl methyl sites for hydroxylation is 1. The summed E-state index contributed by atoms with van der Waals surface area (Å²) >= 11 is 0. The molecule has 0 saturated heterocycles. The van der Waals surface area contributed by atoms with Crippen molar-refractivity contribution in [3.8, 4) is 0 Å². The quantitative estimate of drug-likeness (QED) is 0.701. The highest BCUT2D eigenvalue weighted by Crippen LogP contribution is 1.98. The van der Waals surface area contributed by atoms with E-state index in [4.69, 9.17) is 0 Å². The van der Waals surface area contributed by atoms with Crippen LogP contribution in [0.25, 0.3) is 0 Å². The van der Waals surface area contributed by atoms with E-state index in [2.05, 4.69) is 14.7 Å². The molecular weight excluding hydrogens is 190 g/mol. The highest BCUT2D eigenvalue weighted by atomic mass is 32.2. The predicted octanol–water partition coefficient (Wildman–Crippen LogP) is -0.109. The van der Waals surface area contributed by atoms with Crippen molar-refractivity contribution in [3.63, 3.8) is 0 Å². The van der Waals surface area contributed by atoms with Crippen molar-refractivity contribution in [2.24, 2.45) is 0 Å². The normalized spacial score (nSPS) is 11.8. The summed E-state index contributed by atoms with van der Waals surface area (Å²) in [4.78, 5) is 6.75. The minimum atomic E-state index is -3.06. The maximum atomic E-state index is 11.0. The lowest BCUT2D eigenvalue weighted by Crippen LogP contribution is -2.22. The van der Waals surface area contributed by atoms with Gasteiger partial charge in [0.15, 0.2) is 0 Å². The molecule has 13 heavy (non-hydrogen) atoms. The van der Waals surface area contributed by atoms with Crippen LogP contribution in [-0.2, 0) is 16.4 Å². The highest BCUT2D eigenvalue weighted by molar-refractivity contribution is 7.89. The average Bonchev–Trinajstić information content (AvgIpc) is 2.57. The average molecular weight is 203 g/mol. The molecule has 0 aliphatic heterocycles. The van der Waals surface area contributed by atoms with E-state index in [1.807, 2.05) is 0 Å². The summed E-state index contributed by atoms with van der Waals surface area (Å²) in [5.41, 5.74) is 0.964. The molecule has 0 aliphatic carbocycles. The summed E-state index contributed by atoms with van der Waals surface area (Å²) in [6.45, 7) is 0. The van der Waals surface area contributed by atoms with Crippen molar-refractivity contribution >= 4 is 10.0 Å². The number of hydrogen-bond donors (Lipinski definition) is 2. The minimum absolute atomic E-state index is 0.155. The Bertz CT molecular complexity index is 331. The largest absolute Gasteiger partial charge is 0.348 e. The van der Waals surface area contributed by atoms with Gasteiger partial charge in [-0.05, 0) is 19.9 Å². The summed E-state index contributed by atoms with van der Waals surface area (Å²) in [6.07, 6.45) is 4.60. The maximum Gasteiger partial charge on any atom is 0.211 e. The molecule has 0 fully saturated rings. The zero-order chi connectivity index (χ0) is 9.73. The lowest BCUT2D eigenvalue weighted by atomic mass is 10.3. The molecule has 0 unspecified atom stereocenters. The summed E-state index contributed by atoms with van der Waals surface area (Å²) in [6, 6.07) is 0. The third-order valence-electron chi connectivity index (χ3n) is 1.73. The second-order valence-corrected chi connectivity index (χ2v) is 4.75. The molecule has 1 rings (SSSR count). The van der Waals surface area contributed by atoms with Crippen molar-refractivity contribution in [1.29, 1.82) is 0 Å². The molecule has 0 aliphatic rings. The molecule has 1 aromatic rings. The first kappa shape index (κ1) is 10.2. The van der Waals surface area contributed by atoms with Crippen LogP contribution in [0.3, 0.4) is 0 Å². The van der Waals surface area contributed by atoms with Crippen LogP contribution in [-0.4, -0.2) is 31.2 Å². The van der Waals surface area contributed by atoms with E-state index >= 15 is 0 Å². The van der Waals surface area contributed by atoms with Gasteiger partial charge < -0.3 is 4.98 Å². The Morgan fingerprint density at radius 2 is 2.38 bits per heavy atom. The lowest BCUT2D eigenvalue weighted by molar-refractivity contribution is 0.585. The van der Waals surface area contributed by atoms with E-state index in [-0.39, 0.29) is 5.75 Å². The summed E-state index contributed by atoms with van der Waals surface area (Å²) in [5, 5.41) is 0. The molecule has 0 aromatic carbocycles. The molecular formula is C7H13N3O2S. The molecule has 0 saturated carbocycles. The Balaban J connectivity index is 2.30. The van der Waals surface area contributed by atoms with Gasteiger partial charge in [-0.2, -0.15) is 0 Å². The van der Waals surface area contributed by atoms with Crippen molar-refractivity contribution in [1.82, 2.24) is 14.7 Å². The number of hydrogen-bond acceptors (Lipinski definition) is 3. The maximum absolute atomic E-state index is 11.0. The first-order chi connectivity index (χ1) is 6.14. The first-order valence-electron chi connectivity index (χ1n) is 4.02. The number of H-pyrrole nitrogens is 1. The Labute approximate surface area is 77.6 Å². The topological polar surface area (TPSA) is 74.8 Å². The molecule has 5 nitrogen and oxygen atoms in total. The zero-order valence-corrected chi connectivity index (χ0v) is 8.26. The molecule has 0 amide bonds. The fourth-order valence-electron chi connectivity index (χ4n) is 0.976. The predicted molar refractivity (Wildman–Crippen MR) is 49.8 cm³/mol. The second kappa shape index (κ2) is 4.38. The summed E-state index contributed by atoms with van der Waals surface area (Å²) < 4.78 is 24.2. The van der Waals surface area contributed by atoms with Crippen LogP contribution in [0.1, 0.15) is 12.1 Å². The van der Waals surface area contributed by atoms with Crippen LogP contribution >= 0.6 is 0 Å². The van der Waals surface area contributed by atoms with Gasteiger partial charge in [-0.3, -0.25) is 0 Å². The fourth-order valence-corrected chi connectivity index (χ4v) is 1.70. The third kappa shape index (κ3) is 3.56. The number of sulfonamides is 1. The Morgan fingerprint density at radius 1 is 1.62 bits per heavy atom. The van der Waals surface area contributed by atoms with Crippen LogP contribution in [0.2, 0.25) is 0 Å². The van der Waals surface area contributed by atoms with Gasteiger partial charge in [-0.1, -0.05) is 0 Å². The lowest BCUT2D eigenvalue weighted by Gasteiger charge is -2.00. The third-order valence-corrected chi connectivity index (χ3v) is 3.17. The highest BCUT2D eigenvalue weighted by Gasteiger charge is 2.06. The number of nitrogens with one attached hydrogen (secondary N) is 2. The molecule has 0 atom stereocenters. The van der Waals surface area contributed by atoms with E-state index in [9.17, 15) is 8.42 Å². The molecule has 0 spiro atoms. The van der Waals surface area contributed by atoms with E-state index in [0.717, 1.165) is 5.69 Å². The van der Waals surface area contributed by atoms with Crippen molar-refractivity contribution in [2.45, 2.75) is 12.8 Å². The Kier molecular flexibility index (Phi) is 3.44. The van der Waals surface area contributed by atoms with Gasteiger partial charge >= 0.3 is 0 Å². The van der Waals surface area contributed by atoms with Crippen LogP contribution in [0.15, 0.2) is 12.5 Å². The second-order valence-electron chi connectivity index (χ2n) is 2.70. The molecule has 0 radical (unpaired) electrons. The fraction of sp³-hybridized carbons (Fsp3) is 0.571. The van der Waals surface area contributed by atoms with E-state index in [1.54, 1.807) is 12.5 Å². The Hall–Kier alpha value is -0.880. The monoisotopic (exact) mass is 203 g/mol. The summed E-state index contributed by atoms with van der Waals surface area (Å²) in [7, 11) is -1.63. The number of rotatable bonds is 5. The molecule has 6 heteroatoms. The smallest absolute Gasteiger partial charge is 0.211 e. The van der Waals surface area contributed by atoms with E-state index < -0.39 is 10.0 Å². The SMILES string of the molecule is CNS(=O)(=O)CCCc1cnc[nH]1. The van der Waals surface area contributed by atoms with Gasteiger partial charge in [0.2, 0.25) is 10.0 Å². The Morgan fingerprint density at radius 3 is 2.92 bits per heavy atom. The van der Waals surface area contributed by atoms with E-state index in [1.165, 1.54) is 7.05 Å². The van der Waals surface area contributed by atoms with Crippen molar-refractivity contribution < 1.29 is 8.42 Å². The molecule has 1 heterocycles. The van der Waals surface area contributed by atoms with Crippen molar-refractivity contribution in [2.75, 3.05) is 12.8 Å². The van der Waals surface area contributed by atoms with Crippen LogP contribution in [0.5, 0.6) is 0 Å². The molecule has 74 valence electrons. The first-order valence-corrected chi connectivity index (χ1v) is 5.68. The van der Waals surface area contributed by atoms with Gasteiger partial charge in [-0.25, -0.2) is 18.1 Å². The van der Waals surface area contributed by atoms with Crippen LogP contribution in [0, 0.1) is 0 Å². The zero-order valence-electron chi connectivity index (χ0n) is 7.45. The molecule has 1 aromatic heterocycles. The van der Waals surface area contributed by atoms with Gasteiger partial charge in [0, 0.05) is 11.9 Å². The van der Waals surface area contributed by atoms with E-state index in [0.29, 0.717) is 12.8 Å². The van der Waals surface area contributed by atoms with Gasteiger partial charge in [0.05, 0.1) is 12.1 Å². The van der Waals surface area contributed by atoms with Crippen LogP contribution in [0.4, 0.5) is 0 Å². The molecule has 2 N–H and O–H groups in total. The standard InChI is InChI=1S/C7H13N3O2S/c1-8-13(11,12)4-2-3-7-5-9-6-10-7/h5-6,8H,2-4H2,1H3,(H,9,10). The number of aromatic amines is 1. The molecule has 0 bridgehead atoms. The minimum Gasteiger partial charge on any atom is -0.348 e. The van der Waals surface area contributed by atoms with Crippen LogP contribution < -0.4 is 4.72 Å². The number of imidazole rings is 1. The van der Waals surface area contributed by atoms with Gasteiger partial charge in [0.25, 0.3) is 0 Å². The van der Waals surface area contributed by atoms with Gasteiger partial charge in [0.1, 0.15) is 0 Å². The van der Waals surface area contributed by atoms with Gasteiger partial charge in [-0.15, -0.1) is 0 Å². The summed E-state index contributed by atoms with van der Waals surface area (Å²) in [5.74, 6) is 0.155. The number of aromatic nitrogens is 2.